The Balaban J connectivity index is 1.57. The quantitative estimate of drug-likeness (QED) is 0.362. The zero-order valence-corrected chi connectivity index (χ0v) is 18.4. The van der Waals surface area contributed by atoms with Crippen LogP contribution < -0.4 is 10.1 Å². The van der Waals surface area contributed by atoms with Gasteiger partial charge in [0.25, 0.3) is 5.91 Å². The summed E-state index contributed by atoms with van der Waals surface area (Å²) < 4.78 is 11.5. The first-order valence-corrected chi connectivity index (χ1v) is 10.5. The average molecular weight is 435 g/mol. The summed E-state index contributed by atoms with van der Waals surface area (Å²) in [6, 6.07) is 16.3. The number of nitrogens with zero attached hydrogens (tertiary/aromatic N) is 1. The van der Waals surface area contributed by atoms with Gasteiger partial charge in [-0.1, -0.05) is 18.5 Å². The standard InChI is InChI=1S/C25H23ClN2O3/c1-4-11-30-19-8-5-17(6-9-19)24(29)27-18-7-10-21(26)20(14-18)25-28-22-12-15(2)16(3)13-23(22)31-25/h5-10,12-14H,4,11H2,1-3H3,(H,27,29). The highest BCUT2D eigenvalue weighted by Crippen LogP contribution is 2.33. The summed E-state index contributed by atoms with van der Waals surface area (Å²) >= 11 is 6.41. The minimum Gasteiger partial charge on any atom is -0.494 e. The number of ether oxygens (including phenoxy) is 1. The van der Waals surface area contributed by atoms with Gasteiger partial charge >= 0.3 is 0 Å². The lowest BCUT2D eigenvalue weighted by Crippen LogP contribution is -2.11. The molecule has 0 unspecified atom stereocenters. The molecule has 158 valence electrons. The molecule has 0 radical (unpaired) electrons. The van der Waals surface area contributed by atoms with Crippen molar-refractivity contribution in [3.05, 3.63) is 76.3 Å². The number of carbonyl (C=O) groups excluding carboxylic acids is 1. The SMILES string of the molecule is CCCOc1ccc(C(=O)Nc2ccc(Cl)c(-c3nc4cc(C)c(C)cc4o3)c2)cc1. The van der Waals surface area contributed by atoms with Gasteiger partial charge in [-0.15, -0.1) is 0 Å². The molecule has 1 aromatic heterocycles. The number of oxazole rings is 1. The van der Waals surface area contributed by atoms with Gasteiger partial charge in [0.1, 0.15) is 11.3 Å². The molecular weight excluding hydrogens is 412 g/mol. The Morgan fingerprint density at radius 2 is 1.81 bits per heavy atom. The fraction of sp³-hybridized carbons (Fsp3) is 0.200. The number of rotatable bonds is 6. The largest absolute Gasteiger partial charge is 0.494 e. The topological polar surface area (TPSA) is 64.4 Å². The number of benzene rings is 3. The highest BCUT2D eigenvalue weighted by molar-refractivity contribution is 6.33. The number of fused-ring (bicyclic) bond motifs is 1. The lowest BCUT2D eigenvalue weighted by atomic mass is 10.1. The number of aryl methyl sites for hydroxylation is 2. The number of carbonyl (C=O) groups is 1. The molecular formula is C25H23ClN2O3. The molecule has 0 aliphatic carbocycles. The first-order chi connectivity index (χ1) is 14.9. The summed E-state index contributed by atoms with van der Waals surface area (Å²) in [5, 5.41) is 3.40. The van der Waals surface area contributed by atoms with Crippen LogP contribution in [0.15, 0.2) is 59.0 Å². The summed E-state index contributed by atoms with van der Waals surface area (Å²) in [5.41, 5.74) is 5.51. The summed E-state index contributed by atoms with van der Waals surface area (Å²) in [4.78, 5) is 17.2. The molecule has 1 heterocycles. The Labute approximate surface area is 186 Å². The number of halogens is 1. The molecule has 0 spiro atoms. The minimum absolute atomic E-state index is 0.223. The number of amides is 1. The molecule has 0 aliphatic heterocycles. The van der Waals surface area contributed by atoms with E-state index in [4.69, 9.17) is 20.8 Å². The van der Waals surface area contributed by atoms with Crippen LogP contribution in [-0.4, -0.2) is 17.5 Å². The van der Waals surface area contributed by atoms with Crippen LogP contribution in [0.3, 0.4) is 0 Å². The molecule has 4 aromatic rings. The molecule has 31 heavy (non-hydrogen) atoms. The molecule has 5 nitrogen and oxygen atoms in total. The number of hydrogen-bond donors (Lipinski definition) is 1. The Kier molecular flexibility index (Phi) is 5.96. The second-order valence-electron chi connectivity index (χ2n) is 7.44. The predicted molar refractivity (Wildman–Crippen MR) is 124 cm³/mol. The molecule has 0 bridgehead atoms. The van der Waals surface area contributed by atoms with Crippen molar-refractivity contribution in [1.82, 2.24) is 4.98 Å². The van der Waals surface area contributed by atoms with E-state index < -0.39 is 0 Å². The first-order valence-electron chi connectivity index (χ1n) is 10.2. The van der Waals surface area contributed by atoms with E-state index >= 15 is 0 Å². The van der Waals surface area contributed by atoms with Crippen molar-refractivity contribution in [2.45, 2.75) is 27.2 Å². The van der Waals surface area contributed by atoms with Crippen molar-refractivity contribution in [2.75, 3.05) is 11.9 Å². The molecule has 1 N–H and O–H groups in total. The van der Waals surface area contributed by atoms with E-state index in [2.05, 4.69) is 10.3 Å². The maximum Gasteiger partial charge on any atom is 0.255 e. The van der Waals surface area contributed by atoms with Crippen LogP contribution in [-0.2, 0) is 0 Å². The van der Waals surface area contributed by atoms with E-state index in [1.54, 1.807) is 42.5 Å². The van der Waals surface area contributed by atoms with Crippen LogP contribution in [0.2, 0.25) is 5.02 Å². The summed E-state index contributed by atoms with van der Waals surface area (Å²) in [6.45, 7) is 6.76. The van der Waals surface area contributed by atoms with Gasteiger partial charge in [0.15, 0.2) is 5.58 Å². The van der Waals surface area contributed by atoms with Crippen LogP contribution >= 0.6 is 11.6 Å². The molecule has 3 aromatic carbocycles. The molecule has 1 amide bonds. The third kappa shape index (κ3) is 4.57. The van der Waals surface area contributed by atoms with Gasteiger partial charge in [-0.05, 0) is 86.0 Å². The van der Waals surface area contributed by atoms with E-state index in [1.807, 2.05) is 32.9 Å². The van der Waals surface area contributed by atoms with E-state index in [0.717, 1.165) is 28.8 Å². The van der Waals surface area contributed by atoms with Crippen LogP contribution in [0, 0.1) is 13.8 Å². The van der Waals surface area contributed by atoms with Crippen LogP contribution in [0.25, 0.3) is 22.6 Å². The normalized spacial score (nSPS) is 11.0. The van der Waals surface area contributed by atoms with E-state index in [1.165, 1.54) is 0 Å². The van der Waals surface area contributed by atoms with E-state index in [-0.39, 0.29) is 5.91 Å². The Bertz CT molecular complexity index is 1210. The fourth-order valence-electron chi connectivity index (χ4n) is 3.19. The molecule has 0 saturated carbocycles. The van der Waals surface area contributed by atoms with Gasteiger partial charge in [-0.25, -0.2) is 4.98 Å². The van der Waals surface area contributed by atoms with Gasteiger partial charge < -0.3 is 14.5 Å². The third-order valence-electron chi connectivity index (χ3n) is 5.05. The van der Waals surface area contributed by atoms with Gasteiger partial charge in [0, 0.05) is 11.3 Å². The molecule has 0 saturated heterocycles. The monoisotopic (exact) mass is 434 g/mol. The molecule has 4 rings (SSSR count). The van der Waals surface area contributed by atoms with Crippen molar-refractivity contribution >= 4 is 34.3 Å². The molecule has 6 heteroatoms. The maximum absolute atomic E-state index is 12.7. The zero-order valence-electron chi connectivity index (χ0n) is 17.7. The second kappa shape index (κ2) is 8.82. The van der Waals surface area contributed by atoms with Gasteiger partial charge in [0.05, 0.1) is 17.2 Å². The summed E-state index contributed by atoms with van der Waals surface area (Å²) in [5.74, 6) is 0.936. The summed E-state index contributed by atoms with van der Waals surface area (Å²) in [7, 11) is 0. The molecule has 0 fully saturated rings. The summed E-state index contributed by atoms with van der Waals surface area (Å²) in [6.07, 6.45) is 0.931. The van der Waals surface area contributed by atoms with Gasteiger partial charge in [-0.3, -0.25) is 4.79 Å². The van der Waals surface area contributed by atoms with E-state index in [0.29, 0.717) is 39.9 Å². The van der Waals surface area contributed by atoms with Crippen molar-refractivity contribution in [3.63, 3.8) is 0 Å². The molecule has 0 atom stereocenters. The predicted octanol–water partition coefficient (Wildman–Crippen LogP) is 6.81. The Morgan fingerprint density at radius 3 is 2.55 bits per heavy atom. The second-order valence-corrected chi connectivity index (χ2v) is 7.85. The lowest BCUT2D eigenvalue weighted by Gasteiger charge is -2.09. The van der Waals surface area contributed by atoms with Crippen molar-refractivity contribution < 1.29 is 13.9 Å². The molecule has 0 aliphatic rings. The maximum atomic E-state index is 12.7. The number of aromatic nitrogens is 1. The minimum atomic E-state index is -0.223. The number of nitrogens with one attached hydrogen (secondary N) is 1. The van der Waals surface area contributed by atoms with Crippen LogP contribution in [0.4, 0.5) is 5.69 Å². The average Bonchev–Trinajstić information content (AvgIpc) is 3.16. The van der Waals surface area contributed by atoms with Crippen LogP contribution in [0.5, 0.6) is 5.75 Å². The van der Waals surface area contributed by atoms with Gasteiger partial charge in [-0.2, -0.15) is 0 Å². The first kappa shape index (κ1) is 20.9. The van der Waals surface area contributed by atoms with Crippen molar-refractivity contribution in [3.8, 4) is 17.2 Å². The highest BCUT2D eigenvalue weighted by Gasteiger charge is 2.15. The van der Waals surface area contributed by atoms with E-state index in [9.17, 15) is 4.79 Å². The fourth-order valence-corrected chi connectivity index (χ4v) is 3.39. The third-order valence-corrected chi connectivity index (χ3v) is 5.38. The van der Waals surface area contributed by atoms with Crippen LogP contribution in [0.1, 0.15) is 34.8 Å². The van der Waals surface area contributed by atoms with Crippen molar-refractivity contribution in [1.29, 1.82) is 0 Å². The highest BCUT2D eigenvalue weighted by atomic mass is 35.5. The Hall–Kier alpha value is -3.31. The number of anilines is 1. The van der Waals surface area contributed by atoms with Gasteiger partial charge in [0.2, 0.25) is 5.89 Å². The lowest BCUT2D eigenvalue weighted by molar-refractivity contribution is 0.102. The number of hydrogen-bond acceptors (Lipinski definition) is 4. The zero-order chi connectivity index (χ0) is 22.0. The Morgan fingerprint density at radius 1 is 1.06 bits per heavy atom. The smallest absolute Gasteiger partial charge is 0.255 e. The van der Waals surface area contributed by atoms with Crippen molar-refractivity contribution in [2.24, 2.45) is 0 Å².